The standard InChI is InChI=1S/C15H22BrNOS/c1-4-8-17-15-13(5-2)19-9-10-11(16)6-7-12(18-3)14(10)15/h6-7,13,15,17H,4-5,8-9H2,1-3H3. The second kappa shape index (κ2) is 7.00. The quantitative estimate of drug-likeness (QED) is 0.848. The lowest BCUT2D eigenvalue weighted by molar-refractivity contribution is 0.393. The van der Waals surface area contributed by atoms with Crippen molar-refractivity contribution in [1.82, 2.24) is 5.32 Å². The summed E-state index contributed by atoms with van der Waals surface area (Å²) in [6.45, 7) is 5.54. The highest BCUT2D eigenvalue weighted by molar-refractivity contribution is 9.10. The number of rotatable bonds is 5. The van der Waals surface area contributed by atoms with Gasteiger partial charge in [-0.05, 0) is 37.1 Å². The first kappa shape index (κ1) is 15.2. The third-order valence-corrected chi connectivity index (χ3v) is 5.85. The molecule has 1 aromatic rings. The fourth-order valence-electron chi connectivity index (χ4n) is 2.64. The Hall–Kier alpha value is -0.190. The Morgan fingerprint density at radius 3 is 2.84 bits per heavy atom. The van der Waals surface area contributed by atoms with Gasteiger partial charge in [-0.15, -0.1) is 0 Å². The number of fused-ring (bicyclic) bond motifs is 1. The molecule has 2 rings (SSSR count). The number of benzene rings is 1. The van der Waals surface area contributed by atoms with Crippen LogP contribution in [-0.2, 0) is 5.75 Å². The molecule has 0 radical (unpaired) electrons. The minimum Gasteiger partial charge on any atom is -0.496 e. The molecular formula is C15H22BrNOS. The van der Waals surface area contributed by atoms with Crippen LogP contribution in [0.3, 0.4) is 0 Å². The van der Waals surface area contributed by atoms with Gasteiger partial charge in [-0.25, -0.2) is 0 Å². The molecule has 0 bridgehead atoms. The van der Waals surface area contributed by atoms with Crippen LogP contribution in [0, 0.1) is 0 Å². The van der Waals surface area contributed by atoms with Crippen LogP contribution in [-0.4, -0.2) is 18.9 Å². The second-order valence-electron chi connectivity index (χ2n) is 4.83. The third-order valence-electron chi connectivity index (χ3n) is 3.62. The van der Waals surface area contributed by atoms with Gasteiger partial charge in [-0.1, -0.05) is 29.8 Å². The molecule has 0 spiro atoms. The highest BCUT2D eigenvalue weighted by atomic mass is 79.9. The number of nitrogens with one attached hydrogen (secondary N) is 1. The Morgan fingerprint density at radius 2 is 2.21 bits per heavy atom. The van der Waals surface area contributed by atoms with Gasteiger partial charge in [-0.2, -0.15) is 11.8 Å². The van der Waals surface area contributed by atoms with Crippen LogP contribution in [0.4, 0.5) is 0 Å². The molecule has 2 atom stereocenters. The maximum Gasteiger partial charge on any atom is 0.124 e. The van der Waals surface area contributed by atoms with Gasteiger partial charge in [0.1, 0.15) is 5.75 Å². The summed E-state index contributed by atoms with van der Waals surface area (Å²) < 4.78 is 6.80. The summed E-state index contributed by atoms with van der Waals surface area (Å²) >= 11 is 5.74. The predicted molar refractivity (Wildman–Crippen MR) is 87.1 cm³/mol. The number of thioether (sulfide) groups is 1. The van der Waals surface area contributed by atoms with E-state index in [2.05, 4.69) is 47.2 Å². The molecule has 2 unspecified atom stereocenters. The zero-order valence-electron chi connectivity index (χ0n) is 11.8. The Morgan fingerprint density at radius 1 is 1.42 bits per heavy atom. The van der Waals surface area contributed by atoms with Crippen LogP contribution in [0.25, 0.3) is 0 Å². The van der Waals surface area contributed by atoms with Gasteiger partial charge >= 0.3 is 0 Å². The minimum atomic E-state index is 0.395. The SMILES string of the molecule is CCCNC1c2c(OC)ccc(Br)c2CSC1CC. The van der Waals surface area contributed by atoms with Gasteiger partial charge in [0.15, 0.2) is 0 Å². The van der Waals surface area contributed by atoms with E-state index in [-0.39, 0.29) is 0 Å². The first-order valence-corrected chi connectivity index (χ1v) is 8.77. The summed E-state index contributed by atoms with van der Waals surface area (Å²) in [6, 6.07) is 4.57. The van der Waals surface area contributed by atoms with Crippen molar-refractivity contribution in [3.63, 3.8) is 0 Å². The molecule has 1 aliphatic rings. The molecule has 1 N–H and O–H groups in total. The van der Waals surface area contributed by atoms with Crippen LogP contribution < -0.4 is 10.1 Å². The van der Waals surface area contributed by atoms with E-state index in [1.54, 1.807) is 7.11 Å². The monoisotopic (exact) mass is 343 g/mol. The lowest BCUT2D eigenvalue weighted by atomic mass is 9.95. The van der Waals surface area contributed by atoms with Crippen molar-refractivity contribution in [3.8, 4) is 5.75 Å². The van der Waals surface area contributed by atoms with Crippen molar-refractivity contribution < 1.29 is 4.74 Å². The lowest BCUT2D eigenvalue weighted by Gasteiger charge is -2.35. The fraction of sp³-hybridized carbons (Fsp3) is 0.600. The van der Waals surface area contributed by atoms with Crippen molar-refractivity contribution >= 4 is 27.7 Å². The fourth-order valence-corrected chi connectivity index (χ4v) is 4.67. The minimum absolute atomic E-state index is 0.395. The summed E-state index contributed by atoms with van der Waals surface area (Å²) in [4.78, 5) is 0. The number of hydrogen-bond acceptors (Lipinski definition) is 3. The van der Waals surface area contributed by atoms with Gasteiger partial charge in [-0.3, -0.25) is 0 Å². The van der Waals surface area contributed by atoms with Crippen LogP contribution >= 0.6 is 27.7 Å². The molecule has 1 aliphatic heterocycles. The molecule has 0 saturated carbocycles. The van der Waals surface area contributed by atoms with Crippen molar-refractivity contribution in [1.29, 1.82) is 0 Å². The average Bonchev–Trinajstić information content (AvgIpc) is 2.45. The van der Waals surface area contributed by atoms with Crippen molar-refractivity contribution in [3.05, 3.63) is 27.7 Å². The maximum absolute atomic E-state index is 5.60. The zero-order valence-corrected chi connectivity index (χ0v) is 14.2. The molecule has 0 saturated heterocycles. The van der Waals surface area contributed by atoms with Crippen LogP contribution in [0.1, 0.15) is 43.9 Å². The molecule has 1 aromatic carbocycles. The van der Waals surface area contributed by atoms with Crippen molar-refractivity contribution in [2.75, 3.05) is 13.7 Å². The first-order chi connectivity index (χ1) is 9.22. The second-order valence-corrected chi connectivity index (χ2v) is 6.91. The maximum atomic E-state index is 5.60. The Bertz CT molecular complexity index is 438. The van der Waals surface area contributed by atoms with Gasteiger partial charge < -0.3 is 10.1 Å². The van der Waals surface area contributed by atoms with Crippen molar-refractivity contribution in [2.45, 2.75) is 43.7 Å². The summed E-state index contributed by atoms with van der Waals surface area (Å²) in [5.41, 5.74) is 2.75. The third kappa shape index (κ3) is 3.11. The van der Waals surface area contributed by atoms with E-state index < -0.39 is 0 Å². The van der Waals surface area contributed by atoms with E-state index in [1.807, 2.05) is 11.8 Å². The van der Waals surface area contributed by atoms with Crippen LogP contribution in [0.15, 0.2) is 16.6 Å². The summed E-state index contributed by atoms with van der Waals surface area (Å²) in [7, 11) is 1.77. The summed E-state index contributed by atoms with van der Waals surface area (Å²) in [5, 5.41) is 4.34. The van der Waals surface area contributed by atoms with E-state index in [0.717, 1.165) is 24.5 Å². The average molecular weight is 344 g/mol. The molecule has 106 valence electrons. The zero-order chi connectivity index (χ0) is 13.8. The normalized spacial score (nSPS) is 22.1. The highest BCUT2D eigenvalue weighted by Crippen LogP contribution is 2.45. The molecule has 19 heavy (non-hydrogen) atoms. The Balaban J connectivity index is 2.43. The highest BCUT2D eigenvalue weighted by Gasteiger charge is 2.32. The van der Waals surface area contributed by atoms with Gasteiger partial charge in [0.2, 0.25) is 0 Å². The van der Waals surface area contributed by atoms with E-state index in [9.17, 15) is 0 Å². The largest absolute Gasteiger partial charge is 0.496 e. The molecule has 2 nitrogen and oxygen atoms in total. The summed E-state index contributed by atoms with van der Waals surface area (Å²) in [5.74, 6) is 2.08. The van der Waals surface area contributed by atoms with Gasteiger partial charge in [0, 0.05) is 27.1 Å². The molecule has 0 aromatic heterocycles. The van der Waals surface area contributed by atoms with Crippen molar-refractivity contribution in [2.24, 2.45) is 0 Å². The van der Waals surface area contributed by atoms with Gasteiger partial charge in [0.25, 0.3) is 0 Å². The van der Waals surface area contributed by atoms with E-state index in [4.69, 9.17) is 4.74 Å². The number of halogens is 1. The molecular weight excluding hydrogens is 322 g/mol. The molecule has 4 heteroatoms. The molecule has 0 aliphatic carbocycles. The van der Waals surface area contributed by atoms with E-state index in [0.29, 0.717) is 11.3 Å². The van der Waals surface area contributed by atoms with E-state index in [1.165, 1.54) is 22.0 Å². The summed E-state index contributed by atoms with van der Waals surface area (Å²) in [6.07, 6.45) is 2.34. The topological polar surface area (TPSA) is 21.3 Å². The number of hydrogen-bond donors (Lipinski definition) is 1. The van der Waals surface area contributed by atoms with Gasteiger partial charge in [0.05, 0.1) is 7.11 Å². The van der Waals surface area contributed by atoms with Crippen LogP contribution in [0.5, 0.6) is 5.75 Å². The number of methoxy groups -OCH3 is 1. The Labute approximate surface area is 128 Å². The number of ether oxygens (including phenoxy) is 1. The molecule has 0 fully saturated rings. The lowest BCUT2D eigenvalue weighted by Crippen LogP contribution is -2.34. The van der Waals surface area contributed by atoms with E-state index >= 15 is 0 Å². The molecule has 0 amide bonds. The first-order valence-electron chi connectivity index (χ1n) is 6.93. The molecule has 1 heterocycles. The predicted octanol–water partition coefficient (Wildman–Crippen LogP) is 4.52. The smallest absolute Gasteiger partial charge is 0.124 e. The Kier molecular flexibility index (Phi) is 5.60. The van der Waals surface area contributed by atoms with Crippen LogP contribution in [0.2, 0.25) is 0 Å².